The van der Waals surface area contributed by atoms with Crippen molar-refractivity contribution in [3.63, 3.8) is 0 Å². The summed E-state index contributed by atoms with van der Waals surface area (Å²) >= 11 is 0. The van der Waals surface area contributed by atoms with Crippen molar-refractivity contribution in [3.8, 4) is 0 Å². The highest BCUT2D eigenvalue weighted by Gasteiger charge is 2.20. The van der Waals surface area contributed by atoms with E-state index in [-0.39, 0.29) is 0 Å². The molecule has 0 bridgehead atoms. The molecule has 2 rings (SSSR count). The van der Waals surface area contributed by atoms with Crippen LogP contribution in [0.25, 0.3) is 0 Å². The average Bonchev–Trinajstić information content (AvgIpc) is 2.96. The highest BCUT2D eigenvalue weighted by Crippen LogP contribution is 2.18. The van der Waals surface area contributed by atoms with E-state index in [1.165, 1.54) is 5.56 Å². The highest BCUT2D eigenvalue weighted by molar-refractivity contribution is 5.10. The van der Waals surface area contributed by atoms with Crippen LogP contribution in [0.1, 0.15) is 38.3 Å². The van der Waals surface area contributed by atoms with E-state index in [1.54, 1.807) is 0 Å². The second-order valence-electron chi connectivity index (χ2n) is 4.32. The molecule has 90 valence electrons. The van der Waals surface area contributed by atoms with E-state index in [0.29, 0.717) is 12.1 Å². The third kappa shape index (κ3) is 2.62. The van der Waals surface area contributed by atoms with E-state index in [0.717, 1.165) is 32.6 Å². The molecule has 1 saturated heterocycles. The molecule has 4 nitrogen and oxygen atoms in total. The Balaban J connectivity index is 1.97. The Kier molecular flexibility index (Phi) is 3.96. The Labute approximate surface area is 97.0 Å². The minimum absolute atomic E-state index is 0.409. The van der Waals surface area contributed by atoms with Gasteiger partial charge in [-0.15, -0.1) is 0 Å². The zero-order valence-corrected chi connectivity index (χ0v) is 10.1. The number of ether oxygens (including phenoxy) is 1. The van der Waals surface area contributed by atoms with Gasteiger partial charge in [0.05, 0.1) is 12.8 Å². The van der Waals surface area contributed by atoms with Crippen molar-refractivity contribution in [1.29, 1.82) is 0 Å². The van der Waals surface area contributed by atoms with E-state index in [9.17, 15) is 0 Å². The number of hydrogen-bond acceptors (Lipinski definition) is 3. The summed E-state index contributed by atoms with van der Waals surface area (Å²) < 4.78 is 7.36. The molecule has 1 aromatic heterocycles. The lowest BCUT2D eigenvalue weighted by atomic mass is 10.1. The van der Waals surface area contributed by atoms with Gasteiger partial charge in [-0.3, -0.25) is 4.68 Å². The van der Waals surface area contributed by atoms with Crippen molar-refractivity contribution in [1.82, 2.24) is 15.1 Å². The second kappa shape index (κ2) is 5.46. The molecule has 1 N–H and O–H groups in total. The fraction of sp³-hybridized carbons (Fsp3) is 0.750. The van der Waals surface area contributed by atoms with Crippen LogP contribution in [0.2, 0.25) is 0 Å². The summed E-state index contributed by atoms with van der Waals surface area (Å²) in [5, 5.41) is 7.96. The van der Waals surface area contributed by atoms with Crippen LogP contribution in [0.3, 0.4) is 0 Å². The molecule has 0 saturated carbocycles. The molecular weight excluding hydrogens is 202 g/mol. The first kappa shape index (κ1) is 11.6. The van der Waals surface area contributed by atoms with E-state index >= 15 is 0 Å². The van der Waals surface area contributed by atoms with Gasteiger partial charge in [-0.05, 0) is 19.8 Å². The van der Waals surface area contributed by atoms with Gasteiger partial charge < -0.3 is 10.1 Å². The molecule has 1 fully saturated rings. The van der Waals surface area contributed by atoms with Crippen LogP contribution in [-0.4, -0.2) is 29.0 Å². The van der Waals surface area contributed by atoms with E-state index in [1.807, 2.05) is 10.9 Å². The number of hydrogen-bond donors (Lipinski definition) is 1. The molecular formula is C12H21N3O. The van der Waals surface area contributed by atoms with Crippen molar-refractivity contribution < 1.29 is 4.74 Å². The normalized spacial score (nSPS) is 22.5. The number of aromatic nitrogens is 2. The first-order valence-electron chi connectivity index (χ1n) is 6.19. The van der Waals surface area contributed by atoms with Gasteiger partial charge in [0.15, 0.2) is 0 Å². The fourth-order valence-corrected chi connectivity index (χ4v) is 2.13. The summed E-state index contributed by atoms with van der Waals surface area (Å²) in [6, 6.07) is 0.918. The SMILES string of the molecule is CCC(NC1CCOC1)c1cnn(CC)c1. The Morgan fingerprint density at radius 1 is 1.62 bits per heavy atom. The van der Waals surface area contributed by atoms with Gasteiger partial charge in [0.1, 0.15) is 0 Å². The molecule has 1 aliphatic rings. The molecule has 4 heteroatoms. The van der Waals surface area contributed by atoms with Crippen LogP contribution in [0.15, 0.2) is 12.4 Å². The summed E-state index contributed by atoms with van der Waals surface area (Å²) in [4.78, 5) is 0. The van der Waals surface area contributed by atoms with Gasteiger partial charge in [-0.25, -0.2) is 0 Å². The summed E-state index contributed by atoms with van der Waals surface area (Å²) in [5.74, 6) is 0. The molecule has 0 aromatic carbocycles. The summed E-state index contributed by atoms with van der Waals surface area (Å²) in [5.41, 5.74) is 1.29. The maximum Gasteiger partial charge on any atom is 0.0620 e. The van der Waals surface area contributed by atoms with Crippen LogP contribution >= 0.6 is 0 Å². The molecule has 2 atom stereocenters. The standard InChI is InChI=1S/C12H21N3O/c1-3-12(14-11-5-6-16-9-11)10-7-13-15(4-2)8-10/h7-8,11-12,14H,3-6,9H2,1-2H3. The van der Waals surface area contributed by atoms with Gasteiger partial charge in [0.25, 0.3) is 0 Å². The molecule has 0 amide bonds. The monoisotopic (exact) mass is 223 g/mol. The maximum atomic E-state index is 5.38. The van der Waals surface area contributed by atoms with Crippen molar-refractivity contribution in [2.24, 2.45) is 0 Å². The molecule has 1 aromatic rings. The third-order valence-corrected chi connectivity index (χ3v) is 3.15. The first-order valence-corrected chi connectivity index (χ1v) is 6.19. The summed E-state index contributed by atoms with van der Waals surface area (Å²) in [6.07, 6.45) is 6.32. The minimum Gasteiger partial charge on any atom is -0.380 e. The van der Waals surface area contributed by atoms with E-state index in [4.69, 9.17) is 4.74 Å². The number of nitrogens with zero attached hydrogens (tertiary/aromatic N) is 2. The molecule has 2 unspecified atom stereocenters. The van der Waals surface area contributed by atoms with Crippen molar-refractivity contribution in [2.45, 2.75) is 45.3 Å². The third-order valence-electron chi connectivity index (χ3n) is 3.15. The molecule has 0 radical (unpaired) electrons. The Bertz CT molecular complexity index is 318. The zero-order valence-electron chi connectivity index (χ0n) is 10.1. The highest BCUT2D eigenvalue weighted by atomic mass is 16.5. The molecule has 0 spiro atoms. The lowest BCUT2D eigenvalue weighted by Gasteiger charge is -2.19. The quantitative estimate of drug-likeness (QED) is 0.826. The lowest BCUT2D eigenvalue weighted by molar-refractivity contribution is 0.187. The smallest absolute Gasteiger partial charge is 0.0620 e. The van der Waals surface area contributed by atoms with Crippen molar-refractivity contribution >= 4 is 0 Å². The van der Waals surface area contributed by atoms with Gasteiger partial charge in [-0.1, -0.05) is 6.92 Å². The predicted octanol–water partition coefficient (Wildman–Crippen LogP) is 1.73. The molecule has 0 aliphatic carbocycles. The van der Waals surface area contributed by atoms with E-state index in [2.05, 4.69) is 30.5 Å². The van der Waals surface area contributed by atoms with E-state index < -0.39 is 0 Å². The largest absolute Gasteiger partial charge is 0.380 e. The Morgan fingerprint density at radius 3 is 3.06 bits per heavy atom. The summed E-state index contributed by atoms with van der Waals surface area (Å²) in [6.45, 7) is 6.98. The molecule has 1 aliphatic heterocycles. The second-order valence-corrected chi connectivity index (χ2v) is 4.32. The van der Waals surface area contributed by atoms with Crippen molar-refractivity contribution in [3.05, 3.63) is 18.0 Å². The number of rotatable bonds is 5. The maximum absolute atomic E-state index is 5.38. The molecule has 2 heterocycles. The zero-order chi connectivity index (χ0) is 11.4. The Hall–Kier alpha value is -0.870. The molecule has 16 heavy (non-hydrogen) atoms. The summed E-state index contributed by atoms with van der Waals surface area (Å²) in [7, 11) is 0. The van der Waals surface area contributed by atoms with Gasteiger partial charge in [-0.2, -0.15) is 5.10 Å². The topological polar surface area (TPSA) is 39.1 Å². The lowest BCUT2D eigenvalue weighted by Crippen LogP contribution is -2.32. The van der Waals surface area contributed by atoms with Crippen LogP contribution < -0.4 is 5.32 Å². The fourth-order valence-electron chi connectivity index (χ4n) is 2.13. The van der Waals surface area contributed by atoms with Crippen molar-refractivity contribution in [2.75, 3.05) is 13.2 Å². The Morgan fingerprint density at radius 2 is 2.50 bits per heavy atom. The predicted molar refractivity (Wildman–Crippen MR) is 63.3 cm³/mol. The van der Waals surface area contributed by atoms with Gasteiger partial charge in [0, 0.05) is 37.0 Å². The average molecular weight is 223 g/mol. The van der Waals surface area contributed by atoms with Crippen LogP contribution in [0.4, 0.5) is 0 Å². The first-order chi connectivity index (χ1) is 7.83. The number of nitrogens with one attached hydrogen (secondary N) is 1. The van der Waals surface area contributed by atoms with Crippen LogP contribution in [0.5, 0.6) is 0 Å². The van der Waals surface area contributed by atoms with Gasteiger partial charge in [0.2, 0.25) is 0 Å². The minimum atomic E-state index is 0.409. The van der Waals surface area contributed by atoms with Crippen LogP contribution in [0, 0.1) is 0 Å². The van der Waals surface area contributed by atoms with Gasteiger partial charge >= 0.3 is 0 Å². The van der Waals surface area contributed by atoms with Crippen LogP contribution in [-0.2, 0) is 11.3 Å². The number of aryl methyl sites for hydroxylation is 1.